The third-order valence-electron chi connectivity index (χ3n) is 4.20. The van der Waals surface area contributed by atoms with E-state index in [-0.39, 0.29) is 17.9 Å². The minimum Gasteiger partial charge on any atom is -0.391 e. The van der Waals surface area contributed by atoms with Gasteiger partial charge >= 0.3 is 0 Å². The number of carbonyl (C=O) groups excluding carboxylic acids is 2. The van der Waals surface area contributed by atoms with Gasteiger partial charge in [0.25, 0.3) is 11.8 Å². The SMILES string of the molecule is C[C@@H]1CC[C@@H](N2C(=O)c3ccccc3C2=O)[C@H](O)C1. The molecule has 4 nitrogen and oxygen atoms in total. The molecular weight excluding hydrogens is 242 g/mol. The minimum atomic E-state index is -0.606. The average molecular weight is 259 g/mol. The van der Waals surface area contributed by atoms with E-state index in [2.05, 4.69) is 6.92 Å². The molecule has 2 aliphatic rings. The number of amides is 2. The topological polar surface area (TPSA) is 57.6 Å². The van der Waals surface area contributed by atoms with Crippen molar-refractivity contribution in [2.24, 2.45) is 5.92 Å². The zero-order chi connectivity index (χ0) is 13.6. The molecule has 0 bridgehead atoms. The summed E-state index contributed by atoms with van der Waals surface area (Å²) < 4.78 is 0. The van der Waals surface area contributed by atoms with E-state index in [0.717, 1.165) is 6.42 Å². The monoisotopic (exact) mass is 259 g/mol. The molecule has 0 radical (unpaired) electrons. The number of imide groups is 1. The van der Waals surface area contributed by atoms with Crippen molar-refractivity contribution >= 4 is 11.8 Å². The Bertz CT molecular complexity index is 505. The molecule has 3 rings (SSSR count). The van der Waals surface area contributed by atoms with E-state index in [1.165, 1.54) is 4.90 Å². The van der Waals surface area contributed by atoms with Gasteiger partial charge in [0.2, 0.25) is 0 Å². The predicted octanol–water partition coefficient (Wildman–Crippen LogP) is 1.83. The van der Waals surface area contributed by atoms with Crippen LogP contribution in [-0.2, 0) is 0 Å². The molecule has 1 N–H and O–H groups in total. The van der Waals surface area contributed by atoms with Crippen molar-refractivity contribution in [1.82, 2.24) is 4.90 Å². The fraction of sp³-hybridized carbons (Fsp3) is 0.467. The van der Waals surface area contributed by atoms with Crippen molar-refractivity contribution in [3.8, 4) is 0 Å². The van der Waals surface area contributed by atoms with Gasteiger partial charge in [0.05, 0.1) is 23.3 Å². The fourth-order valence-corrected chi connectivity index (χ4v) is 3.15. The molecule has 0 aromatic heterocycles. The van der Waals surface area contributed by atoms with Crippen LogP contribution in [0.3, 0.4) is 0 Å². The minimum absolute atomic E-state index is 0.265. The third kappa shape index (κ3) is 1.87. The highest BCUT2D eigenvalue weighted by Crippen LogP contribution is 2.33. The molecule has 0 unspecified atom stereocenters. The van der Waals surface area contributed by atoms with Crippen LogP contribution in [0.1, 0.15) is 46.9 Å². The first-order valence-electron chi connectivity index (χ1n) is 6.74. The highest BCUT2D eigenvalue weighted by atomic mass is 16.3. The quantitative estimate of drug-likeness (QED) is 0.783. The van der Waals surface area contributed by atoms with Crippen LogP contribution in [0.5, 0.6) is 0 Å². The normalized spacial score (nSPS) is 30.6. The van der Waals surface area contributed by atoms with Crippen molar-refractivity contribution in [1.29, 1.82) is 0 Å². The molecule has 0 saturated heterocycles. The fourth-order valence-electron chi connectivity index (χ4n) is 3.15. The lowest BCUT2D eigenvalue weighted by Crippen LogP contribution is -2.49. The Labute approximate surface area is 112 Å². The number of hydrogen-bond donors (Lipinski definition) is 1. The van der Waals surface area contributed by atoms with Crippen molar-refractivity contribution < 1.29 is 14.7 Å². The highest BCUT2D eigenvalue weighted by molar-refractivity contribution is 6.21. The Kier molecular flexibility index (Phi) is 2.90. The van der Waals surface area contributed by atoms with Crippen LogP contribution in [0.2, 0.25) is 0 Å². The zero-order valence-corrected chi connectivity index (χ0v) is 10.9. The maximum Gasteiger partial charge on any atom is 0.261 e. The Morgan fingerprint density at radius 3 is 2.21 bits per heavy atom. The van der Waals surface area contributed by atoms with Gasteiger partial charge in [-0.1, -0.05) is 19.1 Å². The summed E-state index contributed by atoms with van der Waals surface area (Å²) in [5.41, 5.74) is 0.914. The van der Waals surface area contributed by atoms with Crippen LogP contribution in [-0.4, -0.2) is 34.0 Å². The summed E-state index contributed by atoms with van der Waals surface area (Å²) in [6, 6.07) is 6.49. The first kappa shape index (κ1) is 12.4. The molecule has 1 aromatic rings. The number of aliphatic hydroxyl groups excluding tert-OH is 1. The van der Waals surface area contributed by atoms with Crippen molar-refractivity contribution in [3.63, 3.8) is 0 Å². The molecule has 4 heteroatoms. The zero-order valence-electron chi connectivity index (χ0n) is 10.9. The molecule has 3 atom stereocenters. The number of aliphatic hydroxyl groups is 1. The second kappa shape index (κ2) is 4.46. The molecule has 1 fully saturated rings. The summed E-state index contributed by atoms with van der Waals surface area (Å²) in [6.45, 7) is 2.09. The van der Waals surface area contributed by atoms with Crippen LogP contribution in [0.15, 0.2) is 24.3 Å². The van der Waals surface area contributed by atoms with E-state index in [4.69, 9.17) is 0 Å². The van der Waals surface area contributed by atoms with Crippen LogP contribution in [0.4, 0.5) is 0 Å². The molecule has 1 saturated carbocycles. The maximum absolute atomic E-state index is 12.3. The molecular formula is C15H17NO3. The summed E-state index contributed by atoms with van der Waals surface area (Å²) in [5.74, 6) is -0.0835. The molecule has 1 heterocycles. The first-order valence-corrected chi connectivity index (χ1v) is 6.74. The van der Waals surface area contributed by atoms with E-state index in [1.54, 1.807) is 24.3 Å². The van der Waals surface area contributed by atoms with Crippen molar-refractivity contribution in [2.75, 3.05) is 0 Å². The summed E-state index contributed by atoms with van der Waals surface area (Å²) in [7, 11) is 0. The van der Waals surface area contributed by atoms with E-state index in [1.807, 2.05) is 0 Å². The second-order valence-corrected chi connectivity index (χ2v) is 5.58. The molecule has 19 heavy (non-hydrogen) atoms. The average Bonchev–Trinajstić information content (AvgIpc) is 2.64. The van der Waals surface area contributed by atoms with Gasteiger partial charge in [0.1, 0.15) is 0 Å². The molecule has 0 spiro atoms. The van der Waals surface area contributed by atoms with Crippen molar-refractivity contribution in [2.45, 2.75) is 38.3 Å². The van der Waals surface area contributed by atoms with Crippen LogP contribution >= 0.6 is 0 Å². The lowest BCUT2D eigenvalue weighted by molar-refractivity contribution is 0.0111. The summed E-state index contributed by atoms with van der Waals surface area (Å²) in [5, 5.41) is 10.2. The second-order valence-electron chi connectivity index (χ2n) is 5.58. The number of nitrogens with zero attached hydrogens (tertiary/aromatic N) is 1. The Balaban J connectivity index is 1.92. The van der Waals surface area contributed by atoms with Gasteiger partial charge in [-0.2, -0.15) is 0 Å². The van der Waals surface area contributed by atoms with Crippen LogP contribution in [0, 0.1) is 5.92 Å². The number of hydrogen-bond acceptors (Lipinski definition) is 3. The molecule has 100 valence electrons. The largest absolute Gasteiger partial charge is 0.391 e. The molecule has 1 aliphatic heterocycles. The van der Waals surface area contributed by atoms with Gasteiger partial charge in [-0.3, -0.25) is 14.5 Å². The summed E-state index contributed by atoms with van der Waals surface area (Å²) in [6.07, 6.45) is 1.67. The van der Waals surface area contributed by atoms with E-state index < -0.39 is 6.10 Å². The Morgan fingerprint density at radius 2 is 1.68 bits per heavy atom. The predicted molar refractivity (Wildman–Crippen MR) is 69.8 cm³/mol. The standard InChI is InChI=1S/C15H17NO3/c1-9-6-7-12(13(17)8-9)16-14(18)10-4-2-3-5-11(10)15(16)19/h2-5,9,12-13,17H,6-8H2,1H3/t9-,12-,13-/m1/s1. The number of carbonyl (C=O) groups is 2. The van der Waals surface area contributed by atoms with Gasteiger partial charge in [-0.15, -0.1) is 0 Å². The summed E-state index contributed by atoms with van der Waals surface area (Å²) in [4.78, 5) is 25.9. The van der Waals surface area contributed by atoms with Crippen LogP contribution < -0.4 is 0 Å². The molecule has 1 aromatic carbocycles. The summed E-state index contributed by atoms with van der Waals surface area (Å²) >= 11 is 0. The number of benzene rings is 1. The van der Waals surface area contributed by atoms with Gasteiger partial charge in [0, 0.05) is 0 Å². The van der Waals surface area contributed by atoms with Gasteiger partial charge in [0.15, 0.2) is 0 Å². The maximum atomic E-state index is 12.3. The number of rotatable bonds is 1. The Hall–Kier alpha value is -1.68. The lowest BCUT2D eigenvalue weighted by Gasteiger charge is -2.36. The van der Waals surface area contributed by atoms with Crippen LogP contribution in [0.25, 0.3) is 0 Å². The van der Waals surface area contributed by atoms with Gasteiger partial charge in [-0.25, -0.2) is 0 Å². The first-order chi connectivity index (χ1) is 9.09. The lowest BCUT2D eigenvalue weighted by atomic mass is 9.84. The molecule has 1 aliphatic carbocycles. The Morgan fingerprint density at radius 1 is 1.11 bits per heavy atom. The van der Waals surface area contributed by atoms with E-state index >= 15 is 0 Å². The van der Waals surface area contributed by atoms with Gasteiger partial charge in [-0.05, 0) is 37.3 Å². The van der Waals surface area contributed by atoms with E-state index in [0.29, 0.717) is 29.9 Å². The highest BCUT2D eigenvalue weighted by Gasteiger charge is 2.43. The van der Waals surface area contributed by atoms with E-state index in [9.17, 15) is 14.7 Å². The molecule has 2 amide bonds. The number of fused-ring (bicyclic) bond motifs is 1. The smallest absolute Gasteiger partial charge is 0.261 e. The van der Waals surface area contributed by atoms with Crippen molar-refractivity contribution in [3.05, 3.63) is 35.4 Å². The van der Waals surface area contributed by atoms with Gasteiger partial charge < -0.3 is 5.11 Å². The third-order valence-corrected chi connectivity index (χ3v) is 4.20.